The smallest absolute Gasteiger partial charge is 0.311 e. The minimum Gasteiger partial charge on any atom is -0.481 e. The Balaban J connectivity index is 2.03. The molecule has 1 atom stereocenters. The Labute approximate surface area is 93.2 Å². The molecule has 1 fully saturated rings. The highest BCUT2D eigenvalue weighted by Crippen LogP contribution is 2.24. The van der Waals surface area contributed by atoms with E-state index in [2.05, 4.69) is 22.1 Å². The van der Waals surface area contributed by atoms with Gasteiger partial charge in [0.25, 0.3) is 0 Å². The number of hydrogen-bond donors (Lipinski definition) is 1. The summed E-state index contributed by atoms with van der Waals surface area (Å²) in [6.45, 7) is 1.99. The Bertz CT molecular complexity index is 377. The summed E-state index contributed by atoms with van der Waals surface area (Å²) in [6.07, 6.45) is 1.96. The zero-order chi connectivity index (χ0) is 11.5. The van der Waals surface area contributed by atoms with E-state index in [1.165, 1.54) is 0 Å². The molecular formula is C10H15N3O3. The predicted molar refractivity (Wildman–Crippen MR) is 55.1 cm³/mol. The third-order valence-electron chi connectivity index (χ3n) is 2.77. The van der Waals surface area contributed by atoms with Gasteiger partial charge in [-0.1, -0.05) is 5.16 Å². The standard InChI is InChI=1S/C10H15N3O3/c1-13-4-2-3-7(6-13)10-11-8(12-16-10)5-9(14)15/h7H,2-6H2,1H3,(H,14,15). The lowest BCUT2D eigenvalue weighted by atomic mass is 9.98. The van der Waals surface area contributed by atoms with E-state index < -0.39 is 5.97 Å². The van der Waals surface area contributed by atoms with E-state index in [0.29, 0.717) is 5.89 Å². The normalized spacial score (nSPS) is 22.2. The molecule has 0 bridgehead atoms. The number of aromatic nitrogens is 2. The van der Waals surface area contributed by atoms with Crippen molar-refractivity contribution in [1.82, 2.24) is 15.0 Å². The van der Waals surface area contributed by atoms with E-state index in [1.807, 2.05) is 0 Å². The summed E-state index contributed by atoms with van der Waals surface area (Å²) in [5, 5.41) is 12.3. The van der Waals surface area contributed by atoms with E-state index in [0.717, 1.165) is 25.9 Å². The molecule has 1 aromatic rings. The first kappa shape index (κ1) is 11.1. The quantitative estimate of drug-likeness (QED) is 0.807. The molecule has 0 aromatic carbocycles. The maximum Gasteiger partial charge on any atom is 0.311 e. The van der Waals surface area contributed by atoms with Crippen LogP contribution in [-0.2, 0) is 11.2 Å². The van der Waals surface area contributed by atoms with Crippen LogP contribution in [0.4, 0.5) is 0 Å². The van der Waals surface area contributed by atoms with Gasteiger partial charge in [-0.3, -0.25) is 4.79 Å². The second kappa shape index (κ2) is 4.61. The Kier molecular flexibility index (Phi) is 3.19. The Morgan fingerprint density at radius 3 is 3.19 bits per heavy atom. The van der Waals surface area contributed by atoms with Gasteiger partial charge in [-0.2, -0.15) is 4.98 Å². The summed E-state index contributed by atoms with van der Waals surface area (Å²) < 4.78 is 5.10. The van der Waals surface area contributed by atoms with Crippen molar-refractivity contribution in [3.8, 4) is 0 Å². The lowest BCUT2D eigenvalue weighted by molar-refractivity contribution is -0.136. The molecule has 0 spiro atoms. The highest BCUT2D eigenvalue weighted by atomic mass is 16.5. The lowest BCUT2D eigenvalue weighted by Gasteiger charge is -2.27. The van der Waals surface area contributed by atoms with E-state index >= 15 is 0 Å². The van der Waals surface area contributed by atoms with Gasteiger partial charge in [-0.05, 0) is 26.4 Å². The van der Waals surface area contributed by atoms with Crippen molar-refractivity contribution in [2.75, 3.05) is 20.1 Å². The van der Waals surface area contributed by atoms with Crippen LogP contribution in [0.2, 0.25) is 0 Å². The van der Waals surface area contributed by atoms with Crippen LogP contribution in [0, 0.1) is 0 Å². The SMILES string of the molecule is CN1CCCC(c2nc(CC(=O)O)no2)C1. The van der Waals surface area contributed by atoms with Crippen LogP contribution in [0.15, 0.2) is 4.52 Å². The third-order valence-corrected chi connectivity index (χ3v) is 2.77. The molecule has 2 rings (SSSR count). The number of piperidine rings is 1. The fourth-order valence-electron chi connectivity index (χ4n) is 2.01. The van der Waals surface area contributed by atoms with Crippen LogP contribution >= 0.6 is 0 Å². The molecule has 1 aromatic heterocycles. The van der Waals surface area contributed by atoms with E-state index in [-0.39, 0.29) is 18.2 Å². The molecule has 0 amide bonds. The summed E-state index contributed by atoms with van der Waals surface area (Å²) in [7, 11) is 2.06. The van der Waals surface area contributed by atoms with Gasteiger partial charge in [0.05, 0.1) is 5.92 Å². The number of hydrogen-bond acceptors (Lipinski definition) is 5. The van der Waals surface area contributed by atoms with Gasteiger partial charge in [-0.15, -0.1) is 0 Å². The minimum atomic E-state index is -0.937. The number of carbonyl (C=O) groups is 1. The molecule has 1 aliphatic heterocycles. The second-order valence-corrected chi connectivity index (χ2v) is 4.22. The summed E-state index contributed by atoms with van der Waals surface area (Å²) in [5.41, 5.74) is 0. The highest BCUT2D eigenvalue weighted by Gasteiger charge is 2.24. The van der Waals surface area contributed by atoms with Crippen molar-refractivity contribution in [2.24, 2.45) is 0 Å². The Hall–Kier alpha value is -1.43. The number of likely N-dealkylation sites (tertiary alicyclic amines) is 1. The van der Waals surface area contributed by atoms with Crippen molar-refractivity contribution in [1.29, 1.82) is 0 Å². The highest BCUT2D eigenvalue weighted by molar-refractivity contribution is 5.68. The van der Waals surface area contributed by atoms with Crippen molar-refractivity contribution >= 4 is 5.97 Å². The van der Waals surface area contributed by atoms with Crippen molar-refractivity contribution in [3.63, 3.8) is 0 Å². The van der Waals surface area contributed by atoms with Gasteiger partial charge in [-0.25, -0.2) is 0 Å². The zero-order valence-corrected chi connectivity index (χ0v) is 9.22. The summed E-state index contributed by atoms with van der Waals surface area (Å²) >= 11 is 0. The topological polar surface area (TPSA) is 79.5 Å². The fraction of sp³-hybridized carbons (Fsp3) is 0.700. The molecule has 1 unspecified atom stereocenters. The minimum absolute atomic E-state index is 0.175. The van der Waals surface area contributed by atoms with Gasteiger partial charge < -0.3 is 14.5 Å². The molecule has 0 saturated carbocycles. The average Bonchev–Trinajstić information content (AvgIpc) is 2.65. The fourth-order valence-corrected chi connectivity index (χ4v) is 2.01. The average molecular weight is 225 g/mol. The van der Waals surface area contributed by atoms with E-state index in [4.69, 9.17) is 9.63 Å². The number of nitrogens with zero attached hydrogens (tertiary/aromatic N) is 3. The first-order chi connectivity index (χ1) is 7.65. The van der Waals surface area contributed by atoms with Gasteiger partial charge in [0.1, 0.15) is 6.42 Å². The molecule has 16 heavy (non-hydrogen) atoms. The third kappa shape index (κ3) is 2.57. The van der Waals surface area contributed by atoms with Crippen LogP contribution in [0.25, 0.3) is 0 Å². The lowest BCUT2D eigenvalue weighted by Crippen LogP contribution is -2.30. The maximum absolute atomic E-state index is 10.5. The van der Waals surface area contributed by atoms with E-state index in [1.54, 1.807) is 0 Å². The maximum atomic E-state index is 10.5. The van der Waals surface area contributed by atoms with Crippen LogP contribution in [0.1, 0.15) is 30.5 Å². The predicted octanol–water partition coefficient (Wildman–Crippen LogP) is 0.506. The number of likely N-dealkylation sites (N-methyl/N-ethyl adjacent to an activating group) is 1. The summed E-state index contributed by atoms with van der Waals surface area (Å²) in [5.74, 6) is 0.139. The molecule has 0 aliphatic carbocycles. The zero-order valence-electron chi connectivity index (χ0n) is 9.22. The Morgan fingerprint density at radius 1 is 1.69 bits per heavy atom. The monoisotopic (exact) mass is 225 g/mol. The largest absolute Gasteiger partial charge is 0.481 e. The van der Waals surface area contributed by atoms with Crippen LogP contribution in [0.3, 0.4) is 0 Å². The van der Waals surface area contributed by atoms with Crippen molar-refractivity contribution in [2.45, 2.75) is 25.2 Å². The molecule has 88 valence electrons. The number of carboxylic acid groups (broad SMARTS) is 1. The second-order valence-electron chi connectivity index (χ2n) is 4.22. The summed E-state index contributed by atoms with van der Waals surface area (Å²) in [6, 6.07) is 0. The van der Waals surface area contributed by atoms with Gasteiger partial charge >= 0.3 is 5.97 Å². The molecule has 6 nitrogen and oxygen atoms in total. The Morgan fingerprint density at radius 2 is 2.50 bits per heavy atom. The van der Waals surface area contributed by atoms with Gasteiger partial charge in [0.2, 0.25) is 5.89 Å². The number of rotatable bonds is 3. The molecule has 6 heteroatoms. The number of carboxylic acids is 1. The first-order valence-electron chi connectivity index (χ1n) is 5.38. The van der Waals surface area contributed by atoms with Crippen molar-refractivity contribution < 1.29 is 14.4 Å². The summed E-state index contributed by atoms with van der Waals surface area (Å²) in [4.78, 5) is 16.8. The molecular weight excluding hydrogens is 210 g/mol. The molecule has 1 N–H and O–H groups in total. The molecule has 0 radical (unpaired) electrons. The van der Waals surface area contributed by atoms with Crippen LogP contribution in [-0.4, -0.2) is 46.3 Å². The van der Waals surface area contributed by atoms with E-state index in [9.17, 15) is 4.79 Å². The van der Waals surface area contributed by atoms with Crippen LogP contribution in [0.5, 0.6) is 0 Å². The number of aliphatic carboxylic acids is 1. The van der Waals surface area contributed by atoms with Gasteiger partial charge in [0.15, 0.2) is 5.82 Å². The van der Waals surface area contributed by atoms with Gasteiger partial charge in [0, 0.05) is 6.54 Å². The first-order valence-corrected chi connectivity index (χ1v) is 5.38. The van der Waals surface area contributed by atoms with Crippen molar-refractivity contribution in [3.05, 3.63) is 11.7 Å². The molecule has 1 saturated heterocycles. The molecule has 2 heterocycles. The molecule has 1 aliphatic rings. The van der Waals surface area contributed by atoms with Crippen LogP contribution < -0.4 is 0 Å².